The maximum atomic E-state index is 11.9. The van der Waals surface area contributed by atoms with Crippen molar-refractivity contribution >= 4 is 28.6 Å². The van der Waals surface area contributed by atoms with Gasteiger partial charge in [0.2, 0.25) is 0 Å². The van der Waals surface area contributed by atoms with Crippen LogP contribution < -0.4 is 10.6 Å². The smallest absolute Gasteiger partial charge is 0.252 e. The Morgan fingerprint density at radius 2 is 2.05 bits per heavy atom. The third kappa shape index (κ3) is 3.81. The van der Waals surface area contributed by atoms with E-state index in [-0.39, 0.29) is 12.5 Å². The molecule has 0 spiro atoms. The number of carbonyl (C=O) groups excluding carboxylic acids is 1. The molecule has 0 fully saturated rings. The summed E-state index contributed by atoms with van der Waals surface area (Å²) in [6.45, 7) is 0.539. The second-order valence-electron chi connectivity index (χ2n) is 4.12. The van der Waals surface area contributed by atoms with Crippen molar-refractivity contribution in [3.8, 4) is 0 Å². The molecule has 19 heavy (non-hydrogen) atoms. The van der Waals surface area contributed by atoms with Gasteiger partial charge in [-0.15, -0.1) is 11.3 Å². The van der Waals surface area contributed by atoms with Gasteiger partial charge in [0.15, 0.2) is 0 Å². The number of hydrogen-bond acceptors (Lipinski definition) is 4. The van der Waals surface area contributed by atoms with E-state index >= 15 is 0 Å². The van der Waals surface area contributed by atoms with Crippen LogP contribution in [0.25, 0.3) is 0 Å². The van der Waals surface area contributed by atoms with Crippen LogP contribution in [0, 0.1) is 0 Å². The number of nitrogens with zero attached hydrogens (tertiary/aromatic N) is 1. The highest BCUT2D eigenvalue weighted by Crippen LogP contribution is 2.15. The van der Waals surface area contributed by atoms with Gasteiger partial charge < -0.3 is 15.4 Å². The molecular weight excluding hydrogens is 260 g/mol. The van der Waals surface area contributed by atoms with Crippen LogP contribution in [0.2, 0.25) is 0 Å². The van der Waals surface area contributed by atoms with Gasteiger partial charge in [-0.25, -0.2) is 0 Å². The Morgan fingerprint density at radius 3 is 2.68 bits per heavy atom. The quantitative estimate of drug-likeness (QED) is 0.854. The minimum absolute atomic E-state index is 0.0682. The van der Waals surface area contributed by atoms with Crippen LogP contribution in [-0.4, -0.2) is 19.6 Å². The number of nitrogens with two attached hydrogens (primary N) is 1. The van der Waals surface area contributed by atoms with Crippen molar-refractivity contribution in [3.63, 3.8) is 0 Å². The van der Waals surface area contributed by atoms with Crippen LogP contribution in [0.4, 0.5) is 11.4 Å². The van der Waals surface area contributed by atoms with Crippen LogP contribution in [0.5, 0.6) is 0 Å². The Kier molecular flexibility index (Phi) is 4.54. The molecule has 0 saturated carbocycles. The van der Waals surface area contributed by atoms with Gasteiger partial charge in [-0.3, -0.25) is 4.79 Å². The topological polar surface area (TPSA) is 55.6 Å². The van der Waals surface area contributed by atoms with E-state index in [9.17, 15) is 4.79 Å². The number of benzene rings is 1. The standard InChI is InChI=1S/C14H16N2O2S/c1-16(12-6-4-11(15)5-7-12)14(17)10-18-9-13-3-2-8-19-13/h2-8H,9-10,15H2,1H3. The van der Waals surface area contributed by atoms with Crippen LogP contribution in [0.3, 0.4) is 0 Å². The second kappa shape index (κ2) is 6.36. The molecule has 1 aromatic carbocycles. The lowest BCUT2D eigenvalue weighted by molar-refractivity contribution is -0.123. The fourth-order valence-corrected chi connectivity index (χ4v) is 2.21. The average molecular weight is 276 g/mol. The first-order valence-electron chi connectivity index (χ1n) is 5.89. The van der Waals surface area contributed by atoms with Gasteiger partial charge in [-0.2, -0.15) is 0 Å². The molecule has 0 aliphatic heterocycles. The molecule has 1 aromatic heterocycles. The highest BCUT2D eigenvalue weighted by molar-refractivity contribution is 7.09. The minimum atomic E-state index is -0.0821. The molecular formula is C14H16N2O2S. The predicted molar refractivity (Wildman–Crippen MR) is 78.2 cm³/mol. The Labute approximate surface area is 116 Å². The summed E-state index contributed by atoms with van der Waals surface area (Å²) in [5.41, 5.74) is 7.09. The van der Waals surface area contributed by atoms with E-state index in [0.29, 0.717) is 12.3 Å². The van der Waals surface area contributed by atoms with Gasteiger partial charge in [-0.05, 0) is 35.7 Å². The lowest BCUT2D eigenvalue weighted by Crippen LogP contribution is -2.29. The zero-order valence-electron chi connectivity index (χ0n) is 10.7. The first-order valence-corrected chi connectivity index (χ1v) is 6.77. The van der Waals surface area contributed by atoms with Crippen LogP contribution in [0.1, 0.15) is 4.88 Å². The number of carbonyl (C=O) groups is 1. The van der Waals surface area contributed by atoms with Gasteiger partial charge >= 0.3 is 0 Å². The number of likely N-dealkylation sites (N-methyl/N-ethyl adjacent to an activating group) is 1. The van der Waals surface area contributed by atoms with E-state index in [4.69, 9.17) is 10.5 Å². The molecule has 2 aromatic rings. The van der Waals surface area contributed by atoms with Crippen molar-refractivity contribution in [2.75, 3.05) is 24.3 Å². The molecule has 1 amide bonds. The molecule has 0 aliphatic rings. The molecule has 4 nitrogen and oxygen atoms in total. The average Bonchev–Trinajstić information content (AvgIpc) is 2.92. The second-order valence-corrected chi connectivity index (χ2v) is 5.15. The molecule has 0 radical (unpaired) electrons. The van der Waals surface area contributed by atoms with Gasteiger partial charge in [0, 0.05) is 23.3 Å². The summed E-state index contributed by atoms with van der Waals surface area (Å²) >= 11 is 1.62. The highest BCUT2D eigenvalue weighted by atomic mass is 32.1. The van der Waals surface area contributed by atoms with Gasteiger partial charge in [0.05, 0.1) is 6.61 Å². The number of rotatable bonds is 5. The van der Waals surface area contributed by atoms with E-state index in [1.807, 2.05) is 29.6 Å². The van der Waals surface area contributed by atoms with Crippen molar-refractivity contribution < 1.29 is 9.53 Å². The lowest BCUT2D eigenvalue weighted by Gasteiger charge is -2.17. The Hall–Kier alpha value is -1.85. The normalized spacial score (nSPS) is 10.4. The van der Waals surface area contributed by atoms with Crippen LogP contribution >= 0.6 is 11.3 Å². The number of nitrogen functional groups attached to an aromatic ring is 1. The molecule has 1 heterocycles. The molecule has 0 bridgehead atoms. The predicted octanol–water partition coefficient (Wildman–Crippen LogP) is 2.51. The number of ether oxygens (including phenoxy) is 1. The molecule has 5 heteroatoms. The van der Waals surface area contributed by atoms with Crippen molar-refractivity contribution in [2.45, 2.75) is 6.61 Å². The summed E-state index contributed by atoms with van der Waals surface area (Å²) in [4.78, 5) is 14.6. The van der Waals surface area contributed by atoms with E-state index < -0.39 is 0 Å². The molecule has 100 valence electrons. The maximum absolute atomic E-state index is 11.9. The molecule has 0 unspecified atom stereocenters. The molecule has 2 N–H and O–H groups in total. The van der Waals surface area contributed by atoms with Crippen molar-refractivity contribution in [3.05, 3.63) is 46.7 Å². The third-order valence-electron chi connectivity index (χ3n) is 2.70. The fraction of sp³-hybridized carbons (Fsp3) is 0.214. The molecule has 0 aliphatic carbocycles. The first-order chi connectivity index (χ1) is 9.16. The summed E-state index contributed by atoms with van der Waals surface area (Å²) in [5.74, 6) is -0.0821. The van der Waals surface area contributed by atoms with Gasteiger partial charge in [0.1, 0.15) is 6.61 Å². The molecule has 2 rings (SSSR count). The van der Waals surface area contributed by atoms with E-state index in [2.05, 4.69) is 0 Å². The van der Waals surface area contributed by atoms with Crippen molar-refractivity contribution in [2.24, 2.45) is 0 Å². The number of amides is 1. The third-order valence-corrected chi connectivity index (χ3v) is 3.55. The van der Waals surface area contributed by atoms with Gasteiger partial charge in [0.25, 0.3) is 5.91 Å². The Morgan fingerprint density at radius 1 is 1.32 bits per heavy atom. The highest BCUT2D eigenvalue weighted by Gasteiger charge is 2.10. The zero-order valence-corrected chi connectivity index (χ0v) is 11.5. The summed E-state index contributed by atoms with van der Waals surface area (Å²) in [6.07, 6.45) is 0. The van der Waals surface area contributed by atoms with Crippen LogP contribution in [0.15, 0.2) is 41.8 Å². The zero-order chi connectivity index (χ0) is 13.7. The summed E-state index contributed by atoms with van der Waals surface area (Å²) in [7, 11) is 1.72. The number of anilines is 2. The van der Waals surface area contributed by atoms with E-state index in [1.165, 1.54) is 0 Å². The molecule has 0 saturated heterocycles. The van der Waals surface area contributed by atoms with Crippen molar-refractivity contribution in [1.82, 2.24) is 0 Å². The van der Waals surface area contributed by atoms with E-state index in [0.717, 1.165) is 10.6 Å². The van der Waals surface area contributed by atoms with Crippen molar-refractivity contribution in [1.29, 1.82) is 0 Å². The molecule has 0 atom stereocenters. The fourth-order valence-electron chi connectivity index (χ4n) is 1.57. The largest absolute Gasteiger partial charge is 0.399 e. The maximum Gasteiger partial charge on any atom is 0.252 e. The number of hydrogen-bond donors (Lipinski definition) is 1. The Bertz CT molecular complexity index is 523. The summed E-state index contributed by atoms with van der Waals surface area (Å²) < 4.78 is 5.40. The lowest BCUT2D eigenvalue weighted by atomic mass is 10.2. The van der Waals surface area contributed by atoms with Gasteiger partial charge in [-0.1, -0.05) is 6.07 Å². The minimum Gasteiger partial charge on any atom is -0.399 e. The first kappa shape index (κ1) is 13.6. The number of thiophene rings is 1. The monoisotopic (exact) mass is 276 g/mol. The van der Waals surface area contributed by atoms with Crippen LogP contribution in [-0.2, 0) is 16.1 Å². The SMILES string of the molecule is CN(C(=O)COCc1cccs1)c1ccc(N)cc1. The summed E-state index contributed by atoms with van der Waals surface area (Å²) in [6, 6.07) is 11.1. The summed E-state index contributed by atoms with van der Waals surface area (Å²) in [5, 5.41) is 1.99. The van der Waals surface area contributed by atoms with E-state index in [1.54, 1.807) is 35.4 Å². The Balaban J connectivity index is 1.83.